The number of rotatable bonds is 8. The second kappa shape index (κ2) is 10.3. The number of carbonyl (C=O) groups excluding carboxylic acids is 1. The zero-order chi connectivity index (χ0) is 21.5. The van der Waals surface area contributed by atoms with Crippen LogP contribution in [0.5, 0.6) is 11.5 Å². The summed E-state index contributed by atoms with van der Waals surface area (Å²) in [6.45, 7) is 1.85. The van der Waals surface area contributed by atoms with E-state index in [2.05, 4.69) is 5.32 Å². The summed E-state index contributed by atoms with van der Waals surface area (Å²) in [6, 6.07) is 12.5. The van der Waals surface area contributed by atoms with Crippen LogP contribution in [0.4, 0.5) is 0 Å². The minimum atomic E-state index is -1.17. The van der Waals surface area contributed by atoms with Gasteiger partial charge in [0.05, 0.1) is 5.02 Å². The van der Waals surface area contributed by atoms with Gasteiger partial charge in [-0.2, -0.15) is 0 Å². The van der Waals surface area contributed by atoms with Gasteiger partial charge < -0.3 is 15.2 Å². The zero-order valence-electron chi connectivity index (χ0n) is 17.0. The van der Waals surface area contributed by atoms with E-state index in [1.165, 1.54) is 18.9 Å². The monoisotopic (exact) mass is 427 g/mol. The molecule has 0 saturated heterocycles. The van der Waals surface area contributed by atoms with Crippen LogP contribution in [0, 0.1) is 12.8 Å². The lowest BCUT2D eigenvalue weighted by molar-refractivity contribution is -0.134. The predicted octanol–water partition coefficient (Wildman–Crippen LogP) is 5.95. The summed E-state index contributed by atoms with van der Waals surface area (Å²) in [5, 5.41) is 12.6. The Morgan fingerprint density at radius 3 is 2.60 bits per heavy atom. The Bertz CT molecular complexity index is 948. The zero-order valence-corrected chi connectivity index (χ0v) is 17.7. The lowest BCUT2D eigenvalue weighted by atomic mass is 10.0. The van der Waals surface area contributed by atoms with E-state index < -0.39 is 5.97 Å². The second-order valence-corrected chi connectivity index (χ2v) is 8.06. The van der Waals surface area contributed by atoms with Crippen LogP contribution in [0.25, 0.3) is 6.08 Å². The van der Waals surface area contributed by atoms with Crippen LogP contribution >= 0.6 is 11.6 Å². The normalized spacial score (nSPS) is 14.5. The topological polar surface area (TPSA) is 75.6 Å². The maximum absolute atomic E-state index is 12.2. The van der Waals surface area contributed by atoms with E-state index in [-0.39, 0.29) is 11.6 Å². The van der Waals surface area contributed by atoms with E-state index in [0.717, 1.165) is 24.8 Å². The molecule has 0 aliphatic heterocycles. The molecule has 1 aliphatic rings. The lowest BCUT2D eigenvalue weighted by Crippen LogP contribution is -2.27. The number of hydrogen-bond acceptors (Lipinski definition) is 3. The van der Waals surface area contributed by atoms with Crippen molar-refractivity contribution in [3.8, 4) is 11.5 Å². The van der Waals surface area contributed by atoms with Gasteiger partial charge in [-0.1, -0.05) is 55.5 Å². The Balaban J connectivity index is 1.68. The minimum absolute atomic E-state index is 0.130. The van der Waals surface area contributed by atoms with Crippen LogP contribution in [0.3, 0.4) is 0 Å². The molecule has 2 aromatic rings. The Morgan fingerprint density at radius 2 is 1.93 bits per heavy atom. The van der Waals surface area contributed by atoms with Crippen LogP contribution in [0.2, 0.25) is 5.02 Å². The third kappa shape index (κ3) is 6.10. The fraction of sp³-hybridized carbons (Fsp3) is 0.333. The SMILES string of the molecule is Cc1cc(Oc2ccccc2Cl)ccc1/C=C(\NC(=O)CCC1CCCC1)C(=O)O. The van der Waals surface area contributed by atoms with E-state index >= 15 is 0 Å². The molecular weight excluding hydrogens is 402 g/mol. The van der Waals surface area contributed by atoms with Crippen molar-refractivity contribution in [2.24, 2.45) is 5.92 Å². The number of ether oxygens (including phenoxy) is 1. The van der Waals surface area contributed by atoms with Crippen LogP contribution in [-0.2, 0) is 9.59 Å². The number of carboxylic acids is 1. The molecule has 30 heavy (non-hydrogen) atoms. The summed E-state index contributed by atoms with van der Waals surface area (Å²) in [6.07, 6.45) is 7.41. The number of amides is 1. The Hall–Kier alpha value is -2.79. The minimum Gasteiger partial charge on any atom is -0.477 e. The highest BCUT2D eigenvalue weighted by Crippen LogP contribution is 2.30. The smallest absolute Gasteiger partial charge is 0.352 e. The molecular formula is C24H26ClNO4. The Labute approximate surface area is 181 Å². The van der Waals surface area contributed by atoms with Crippen molar-refractivity contribution in [2.45, 2.75) is 45.4 Å². The van der Waals surface area contributed by atoms with Crippen LogP contribution in [-0.4, -0.2) is 17.0 Å². The maximum Gasteiger partial charge on any atom is 0.352 e. The molecule has 1 saturated carbocycles. The third-order valence-electron chi connectivity index (χ3n) is 5.36. The highest BCUT2D eigenvalue weighted by atomic mass is 35.5. The largest absolute Gasteiger partial charge is 0.477 e. The molecule has 158 valence electrons. The average molecular weight is 428 g/mol. The molecule has 0 atom stereocenters. The van der Waals surface area contributed by atoms with Crippen molar-refractivity contribution in [3.63, 3.8) is 0 Å². The fourth-order valence-electron chi connectivity index (χ4n) is 3.68. The number of carbonyl (C=O) groups is 2. The standard InChI is InChI=1S/C24H26ClNO4/c1-16-14-19(30-22-9-5-4-8-20(22)25)12-11-18(16)15-21(24(28)29)26-23(27)13-10-17-6-2-3-7-17/h4-5,8-9,11-12,14-15,17H,2-3,6-7,10,13H2,1H3,(H,26,27)(H,28,29)/b21-15-. The first-order valence-corrected chi connectivity index (χ1v) is 10.6. The molecule has 0 aromatic heterocycles. The molecule has 2 N–H and O–H groups in total. The summed E-state index contributed by atoms with van der Waals surface area (Å²) in [4.78, 5) is 23.9. The first-order chi connectivity index (χ1) is 14.4. The Kier molecular flexibility index (Phi) is 7.52. The van der Waals surface area contributed by atoms with Crippen molar-refractivity contribution in [1.82, 2.24) is 5.32 Å². The molecule has 0 bridgehead atoms. The summed E-state index contributed by atoms with van der Waals surface area (Å²) >= 11 is 6.12. The number of halogens is 1. The second-order valence-electron chi connectivity index (χ2n) is 7.65. The highest BCUT2D eigenvalue weighted by molar-refractivity contribution is 6.32. The van der Waals surface area contributed by atoms with E-state index in [4.69, 9.17) is 16.3 Å². The van der Waals surface area contributed by atoms with Crippen LogP contribution < -0.4 is 10.1 Å². The van der Waals surface area contributed by atoms with Crippen molar-refractivity contribution in [1.29, 1.82) is 0 Å². The summed E-state index contributed by atoms with van der Waals surface area (Å²) < 4.78 is 5.80. The molecule has 0 unspecified atom stereocenters. The third-order valence-corrected chi connectivity index (χ3v) is 5.68. The van der Waals surface area contributed by atoms with Crippen LogP contribution in [0.15, 0.2) is 48.2 Å². The maximum atomic E-state index is 12.2. The van der Waals surface area contributed by atoms with Crippen molar-refractivity contribution in [2.75, 3.05) is 0 Å². The predicted molar refractivity (Wildman–Crippen MR) is 118 cm³/mol. The van der Waals surface area contributed by atoms with E-state index in [9.17, 15) is 14.7 Å². The quantitative estimate of drug-likeness (QED) is 0.510. The lowest BCUT2D eigenvalue weighted by Gasteiger charge is -2.11. The average Bonchev–Trinajstić information content (AvgIpc) is 3.23. The van der Waals surface area contributed by atoms with Crippen molar-refractivity contribution < 1.29 is 19.4 Å². The number of hydrogen-bond donors (Lipinski definition) is 2. The van der Waals surface area contributed by atoms with Gasteiger partial charge >= 0.3 is 5.97 Å². The molecule has 5 nitrogen and oxygen atoms in total. The number of nitrogens with one attached hydrogen (secondary N) is 1. The van der Waals surface area contributed by atoms with Gasteiger partial charge in [0.25, 0.3) is 0 Å². The molecule has 1 amide bonds. The number of benzene rings is 2. The first-order valence-electron chi connectivity index (χ1n) is 10.2. The van der Waals surface area contributed by atoms with Crippen molar-refractivity contribution >= 4 is 29.6 Å². The van der Waals surface area contributed by atoms with Gasteiger partial charge in [-0.05, 0) is 60.7 Å². The number of carboxylic acid groups (broad SMARTS) is 1. The molecule has 0 spiro atoms. The van der Waals surface area contributed by atoms with Gasteiger partial charge in [-0.3, -0.25) is 4.79 Å². The summed E-state index contributed by atoms with van der Waals surface area (Å²) in [7, 11) is 0. The van der Waals surface area contributed by atoms with E-state index in [1.54, 1.807) is 30.3 Å². The molecule has 0 heterocycles. The first kappa shape index (κ1) is 21.9. The molecule has 1 fully saturated rings. The van der Waals surface area contributed by atoms with Crippen LogP contribution in [0.1, 0.15) is 49.7 Å². The molecule has 2 aromatic carbocycles. The van der Waals surface area contributed by atoms with Gasteiger partial charge in [0.2, 0.25) is 5.91 Å². The summed E-state index contributed by atoms with van der Waals surface area (Å²) in [5.41, 5.74) is 1.38. The molecule has 0 radical (unpaired) electrons. The van der Waals surface area contributed by atoms with E-state index in [1.807, 2.05) is 19.1 Å². The number of aryl methyl sites for hydroxylation is 1. The van der Waals surface area contributed by atoms with E-state index in [0.29, 0.717) is 34.4 Å². The van der Waals surface area contributed by atoms with Gasteiger partial charge in [0.1, 0.15) is 17.2 Å². The van der Waals surface area contributed by atoms with Crippen molar-refractivity contribution in [3.05, 3.63) is 64.3 Å². The number of aliphatic carboxylic acids is 1. The summed E-state index contributed by atoms with van der Waals surface area (Å²) in [5.74, 6) is 0.297. The van der Waals surface area contributed by atoms with Gasteiger partial charge in [0.15, 0.2) is 0 Å². The van der Waals surface area contributed by atoms with Gasteiger partial charge in [-0.25, -0.2) is 4.79 Å². The highest BCUT2D eigenvalue weighted by Gasteiger charge is 2.18. The number of para-hydroxylation sites is 1. The molecule has 6 heteroatoms. The molecule has 1 aliphatic carbocycles. The molecule has 3 rings (SSSR count). The van der Waals surface area contributed by atoms with Gasteiger partial charge in [0, 0.05) is 6.42 Å². The van der Waals surface area contributed by atoms with Gasteiger partial charge in [-0.15, -0.1) is 0 Å². The Morgan fingerprint density at radius 1 is 1.20 bits per heavy atom. The fourth-order valence-corrected chi connectivity index (χ4v) is 3.86.